The van der Waals surface area contributed by atoms with E-state index in [1.165, 1.54) is 18.2 Å². The Hall–Kier alpha value is -2.50. The van der Waals surface area contributed by atoms with E-state index in [1.54, 1.807) is 12.1 Å². The van der Waals surface area contributed by atoms with Gasteiger partial charge in [0.15, 0.2) is 5.75 Å². The number of para-hydroxylation sites is 2. The molecule has 0 saturated carbocycles. The third-order valence-corrected chi connectivity index (χ3v) is 3.00. The summed E-state index contributed by atoms with van der Waals surface area (Å²) in [4.78, 5) is 12.0. The van der Waals surface area contributed by atoms with Crippen LogP contribution in [0.1, 0.15) is 11.1 Å². The van der Waals surface area contributed by atoms with E-state index in [0.717, 1.165) is 17.2 Å². The summed E-state index contributed by atoms with van der Waals surface area (Å²) in [5.74, 6) is -0.847. The molecule has 2 aromatic rings. The summed E-state index contributed by atoms with van der Waals surface area (Å²) in [7, 11) is 0. The number of rotatable bonds is 4. The number of hydrogen-bond acceptors (Lipinski definition) is 2. The van der Waals surface area contributed by atoms with Gasteiger partial charge in [0, 0.05) is 0 Å². The van der Waals surface area contributed by atoms with Crippen molar-refractivity contribution in [1.82, 2.24) is 0 Å². The standard InChI is InChI=1S/C16H14F3NO2/c1-11-6-2-3-7-12(11)10-15(21)20-13-8-4-5-9-14(13)22-16(17,18)19/h2-9H,10H2,1H3,(H,20,21). The fourth-order valence-corrected chi connectivity index (χ4v) is 1.96. The lowest BCUT2D eigenvalue weighted by molar-refractivity contribution is -0.274. The maximum absolute atomic E-state index is 12.3. The molecule has 6 heteroatoms. The van der Waals surface area contributed by atoms with Crippen LogP contribution in [0.3, 0.4) is 0 Å². The molecule has 1 amide bonds. The second kappa shape index (κ2) is 6.51. The van der Waals surface area contributed by atoms with Crippen LogP contribution in [-0.4, -0.2) is 12.3 Å². The zero-order valence-electron chi connectivity index (χ0n) is 11.8. The minimum atomic E-state index is -4.81. The second-order valence-electron chi connectivity index (χ2n) is 4.70. The number of amides is 1. The number of benzene rings is 2. The number of hydrogen-bond donors (Lipinski definition) is 1. The van der Waals surface area contributed by atoms with Gasteiger partial charge in [-0.1, -0.05) is 36.4 Å². The molecule has 0 aliphatic heterocycles. The molecule has 116 valence electrons. The van der Waals surface area contributed by atoms with E-state index >= 15 is 0 Å². The lowest BCUT2D eigenvalue weighted by atomic mass is 10.1. The molecular weight excluding hydrogens is 295 g/mol. The molecule has 2 aromatic carbocycles. The first-order valence-corrected chi connectivity index (χ1v) is 6.54. The third-order valence-electron chi connectivity index (χ3n) is 3.00. The van der Waals surface area contributed by atoms with Crippen molar-refractivity contribution in [2.24, 2.45) is 0 Å². The SMILES string of the molecule is Cc1ccccc1CC(=O)Nc1ccccc1OC(F)(F)F. The van der Waals surface area contributed by atoms with Crippen LogP contribution < -0.4 is 10.1 Å². The lowest BCUT2D eigenvalue weighted by Crippen LogP contribution is -2.20. The summed E-state index contributed by atoms with van der Waals surface area (Å²) in [5.41, 5.74) is 1.74. The van der Waals surface area contributed by atoms with Crippen LogP contribution in [0.25, 0.3) is 0 Å². The summed E-state index contributed by atoms with van der Waals surface area (Å²) < 4.78 is 40.9. The fourth-order valence-electron chi connectivity index (χ4n) is 1.96. The predicted octanol–water partition coefficient (Wildman–Crippen LogP) is 4.07. The van der Waals surface area contributed by atoms with Gasteiger partial charge in [0.05, 0.1) is 12.1 Å². The highest BCUT2D eigenvalue weighted by Gasteiger charge is 2.32. The van der Waals surface area contributed by atoms with Gasteiger partial charge in [-0.3, -0.25) is 4.79 Å². The van der Waals surface area contributed by atoms with E-state index in [4.69, 9.17) is 0 Å². The molecule has 0 spiro atoms. The van der Waals surface area contributed by atoms with Crippen LogP contribution in [0.15, 0.2) is 48.5 Å². The average molecular weight is 309 g/mol. The van der Waals surface area contributed by atoms with Gasteiger partial charge in [-0.15, -0.1) is 13.2 Å². The van der Waals surface area contributed by atoms with Gasteiger partial charge in [0.1, 0.15) is 0 Å². The van der Waals surface area contributed by atoms with Crippen molar-refractivity contribution in [3.8, 4) is 5.75 Å². The smallest absolute Gasteiger partial charge is 0.404 e. The van der Waals surface area contributed by atoms with Gasteiger partial charge in [-0.05, 0) is 30.2 Å². The highest BCUT2D eigenvalue weighted by Crippen LogP contribution is 2.30. The van der Waals surface area contributed by atoms with Crippen molar-refractivity contribution >= 4 is 11.6 Å². The van der Waals surface area contributed by atoms with Crippen molar-refractivity contribution in [3.63, 3.8) is 0 Å². The zero-order chi connectivity index (χ0) is 16.2. The summed E-state index contributed by atoms with van der Waals surface area (Å²) in [6.07, 6.45) is -4.73. The molecular formula is C16H14F3NO2. The summed E-state index contributed by atoms with van der Waals surface area (Å²) >= 11 is 0. The number of carbonyl (C=O) groups excluding carboxylic acids is 1. The molecule has 0 saturated heterocycles. The lowest BCUT2D eigenvalue weighted by Gasteiger charge is -2.14. The Morgan fingerprint density at radius 1 is 1.09 bits per heavy atom. The van der Waals surface area contributed by atoms with Crippen LogP contribution in [0, 0.1) is 6.92 Å². The number of alkyl halides is 3. The van der Waals surface area contributed by atoms with Gasteiger partial charge < -0.3 is 10.1 Å². The monoisotopic (exact) mass is 309 g/mol. The number of carbonyl (C=O) groups is 1. The van der Waals surface area contributed by atoms with Gasteiger partial charge in [-0.25, -0.2) is 0 Å². The highest BCUT2D eigenvalue weighted by molar-refractivity contribution is 5.93. The quantitative estimate of drug-likeness (QED) is 0.924. The fraction of sp³-hybridized carbons (Fsp3) is 0.188. The Morgan fingerprint density at radius 3 is 2.41 bits per heavy atom. The van der Waals surface area contributed by atoms with Crippen LogP contribution in [0.4, 0.5) is 18.9 Å². The molecule has 0 unspecified atom stereocenters. The summed E-state index contributed by atoms with van der Waals surface area (Å²) in [5, 5.41) is 2.44. The van der Waals surface area contributed by atoms with Crippen LogP contribution in [0.5, 0.6) is 5.75 Å². The summed E-state index contributed by atoms with van der Waals surface area (Å²) in [6.45, 7) is 1.86. The Kier molecular flexibility index (Phi) is 4.70. The Balaban J connectivity index is 2.11. The number of ether oxygens (including phenoxy) is 1. The largest absolute Gasteiger partial charge is 0.573 e. The van der Waals surface area contributed by atoms with Crippen molar-refractivity contribution in [2.75, 3.05) is 5.32 Å². The Labute approximate surface area is 125 Å². The molecule has 0 aromatic heterocycles. The van der Waals surface area contributed by atoms with Crippen molar-refractivity contribution in [3.05, 3.63) is 59.7 Å². The third kappa shape index (κ3) is 4.51. The minimum Gasteiger partial charge on any atom is -0.404 e. The molecule has 0 radical (unpaired) electrons. The van der Waals surface area contributed by atoms with Gasteiger partial charge in [-0.2, -0.15) is 0 Å². The molecule has 0 aliphatic carbocycles. The topological polar surface area (TPSA) is 38.3 Å². The molecule has 3 nitrogen and oxygen atoms in total. The van der Waals surface area contributed by atoms with Gasteiger partial charge in [0.25, 0.3) is 0 Å². The minimum absolute atomic E-state index is 0.0154. The van der Waals surface area contributed by atoms with E-state index < -0.39 is 18.0 Å². The van der Waals surface area contributed by atoms with Crippen molar-refractivity contribution in [1.29, 1.82) is 0 Å². The second-order valence-corrected chi connectivity index (χ2v) is 4.70. The predicted molar refractivity (Wildman–Crippen MR) is 76.6 cm³/mol. The number of aryl methyl sites for hydroxylation is 1. The molecule has 0 fully saturated rings. The van der Waals surface area contributed by atoms with Crippen LogP contribution >= 0.6 is 0 Å². The number of nitrogens with one attached hydrogen (secondary N) is 1. The molecule has 0 aliphatic rings. The summed E-state index contributed by atoms with van der Waals surface area (Å²) in [6, 6.07) is 12.7. The number of anilines is 1. The van der Waals surface area contributed by atoms with Gasteiger partial charge >= 0.3 is 6.36 Å². The van der Waals surface area contributed by atoms with Crippen molar-refractivity contribution < 1.29 is 22.7 Å². The maximum atomic E-state index is 12.3. The zero-order valence-corrected chi connectivity index (χ0v) is 11.8. The molecule has 2 rings (SSSR count). The molecule has 0 heterocycles. The van der Waals surface area contributed by atoms with Crippen molar-refractivity contribution in [2.45, 2.75) is 19.7 Å². The van der Waals surface area contributed by atoms with E-state index in [-0.39, 0.29) is 12.1 Å². The van der Waals surface area contributed by atoms with Crippen LogP contribution in [-0.2, 0) is 11.2 Å². The van der Waals surface area contributed by atoms with Crippen LogP contribution in [0.2, 0.25) is 0 Å². The average Bonchev–Trinajstić information content (AvgIpc) is 2.42. The van der Waals surface area contributed by atoms with E-state index in [1.807, 2.05) is 19.1 Å². The Morgan fingerprint density at radius 2 is 1.73 bits per heavy atom. The van der Waals surface area contributed by atoms with E-state index in [9.17, 15) is 18.0 Å². The molecule has 0 atom stereocenters. The maximum Gasteiger partial charge on any atom is 0.573 e. The normalized spacial score (nSPS) is 11.1. The first-order chi connectivity index (χ1) is 10.3. The molecule has 22 heavy (non-hydrogen) atoms. The number of halogens is 3. The van der Waals surface area contributed by atoms with E-state index in [0.29, 0.717) is 0 Å². The van der Waals surface area contributed by atoms with E-state index in [2.05, 4.69) is 10.1 Å². The first-order valence-electron chi connectivity index (χ1n) is 6.54. The first kappa shape index (κ1) is 15.9. The highest BCUT2D eigenvalue weighted by atomic mass is 19.4. The Bertz CT molecular complexity index is 668. The molecule has 1 N–H and O–H groups in total. The molecule has 0 bridgehead atoms. The van der Waals surface area contributed by atoms with Gasteiger partial charge in [0.2, 0.25) is 5.91 Å².